The second-order valence-electron chi connectivity index (χ2n) is 1.74. The van der Waals surface area contributed by atoms with E-state index >= 15 is 0 Å². The number of hydrogen-bond acceptors (Lipinski definition) is 4. The molecule has 0 saturated carbocycles. The van der Waals surface area contributed by atoms with Crippen LogP contribution in [0.5, 0.6) is 0 Å². The van der Waals surface area contributed by atoms with Crippen LogP contribution in [-0.4, -0.2) is 27.6 Å². The highest BCUT2D eigenvalue weighted by Crippen LogP contribution is 1.95. The number of carbonyl (C=O) groups is 1. The Morgan fingerprint density at radius 1 is 1.50 bits per heavy atom. The standard InChI is InChI=1S/C5H10O4S/c1-9-10(7,8)5-3-2-4-6/h4H,2-3,5H2,1H3. The molecule has 0 radical (unpaired) electrons. The Labute approximate surface area is 60.3 Å². The van der Waals surface area contributed by atoms with Gasteiger partial charge in [-0.1, -0.05) is 0 Å². The van der Waals surface area contributed by atoms with Crippen molar-refractivity contribution in [2.24, 2.45) is 0 Å². The number of unbranched alkanes of at least 4 members (excludes halogenated alkanes) is 1. The summed E-state index contributed by atoms with van der Waals surface area (Å²) < 4.78 is 25.2. The highest BCUT2D eigenvalue weighted by Gasteiger charge is 2.06. The molecule has 0 amide bonds. The molecular weight excluding hydrogens is 156 g/mol. The lowest BCUT2D eigenvalue weighted by Gasteiger charge is -1.96. The van der Waals surface area contributed by atoms with E-state index in [1.807, 2.05) is 0 Å². The third-order valence-corrected chi connectivity index (χ3v) is 2.27. The van der Waals surface area contributed by atoms with E-state index < -0.39 is 10.1 Å². The number of rotatable bonds is 5. The molecular formula is C5H10O4S. The van der Waals surface area contributed by atoms with Gasteiger partial charge >= 0.3 is 0 Å². The molecule has 60 valence electrons. The summed E-state index contributed by atoms with van der Waals surface area (Å²) in [5.41, 5.74) is 0. The molecule has 0 saturated heterocycles. The fraction of sp³-hybridized carbons (Fsp3) is 0.800. The molecule has 0 fully saturated rings. The van der Waals surface area contributed by atoms with Gasteiger partial charge in [-0.25, -0.2) is 0 Å². The van der Waals surface area contributed by atoms with Crippen molar-refractivity contribution in [2.45, 2.75) is 12.8 Å². The van der Waals surface area contributed by atoms with E-state index in [0.29, 0.717) is 12.7 Å². The monoisotopic (exact) mass is 166 g/mol. The van der Waals surface area contributed by atoms with Crippen LogP contribution in [0, 0.1) is 0 Å². The molecule has 0 aromatic rings. The van der Waals surface area contributed by atoms with Crippen molar-refractivity contribution in [1.29, 1.82) is 0 Å². The molecule has 0 unspecified atom stereocenters. The van der Waals surface area contributed by atoms with E-state index in [1.165, 1.54) is 0 Å². The summed E-state index contributed by atoms with van der Waals surface area (Å²) in [6, 6.07) is 0. The molecule has 0 rings (SSSR count). The van der Waals surface area contributed by atoms with Crippen LogP contribution in [-0.2, 0) is 19.1 Å². The zero-order valence-corrected chi connectivity index (χ0v) is 6.56. The van der Waals surface area contributed by atoms with E-state index in [-0.39, 0.29) is 12.2 Å². The van der Waals surface area contributed by atoms with E-state index in [2.05, 4.69) is 4.18 Å². The Morgan fingerprint density at radius 2 is 2.10 bits per heavy atom. The summed E-state index contributed by atoms with van der Waals surface area (Å²) in [5.74, 6) is -0.0811. The Bertz CT molecular complexity index is 182. The van der Waals surface area contributed by atoms with Crippen LogP contribution in [0.1, 0.15) is 12.8 Å². The van der Waals surface area contributed by atoms with Crippen molar-refractivity contribution in [3.8, 4) is 0 Å². The molecule has 0 aliphatic rings. The van der Waals surface area contributed by atoms with Crippen molar-refractivity contribution in [3.63, 3.8) is 0 Å². The first-order chi connectivity index (χ1) is 4.62. The van der Waals surface area contributed by atoms with E-state index in [9.17, 15) is 13.2 Å². The summed E-state index contributed by atoms with van der Waals surface area (Å²) in [4.78, 5) is 9.74. The van der Waals surface area contributed by atoms with Crippen molar-refractivity contribution >= 4 is 16.4 Å². The summed E-state index contributed by atoms with van der Waals surface area (Å²) in [7, 11) is -2.24. The molecule has 0 aromatic heterocycles. The van der Waals surface area contributed by atoms with Gasteiger partial charge in [-0.2, -0.15) is 8.42 Å². The van der Waals surface area contributed by atoms with Crippen LogP contribution in [0.15, 0.2) is 0 Å². The molecule has 5 heteroatoms. The zero-order valence-electron chi connectivity index (χ0n) is 5.74. The van der Waals surface area contributed by atoms with Gasteiger partial charge in [0.2, 0.25) is 0 Å². The largest absolute Gasteiger partial charge is 0.303 e. The highest BCUT2D eigenvalue weighted by molar-refractivity contribution is 7.86. The highest BCUT2D eigenvalue weighted by atomic mass is 32.2. The van der Waals surface area contributed by atoms with Crippen molar-refractivity contribution in [3.05, 3.63) is 0 Å². The lowest BCUT2D eigenvalue weighted by Crippen LogP contribution is -2.07. The first-order valence-electron chi connectivity index (χ1n) is 2.84. The Kier molecular flexibility index (Phi) is 4.22. The summed E-state index contributed by atoms with van der Waals surface area (Å²) in [6.45, 7) is 0. The summed E-state index contributed by atoms with van der Waals surface area (Å²) in [5, 5.41) is 0. The second kappa shape index (κ2) is 4.40. The van der Waals surface area contributed by atoms with Gasteiger partial charge in [-0.3, -0.25) is 4.18 Å². The van der Waals surface area contributed by atoms with Gasteiger partial charge in [0.25, 0.3) is 10.1 Å². The number of carbonyl (C=O) groups excluding carboxylic acids is 1. The normalized spacial score (nSPS) is 11.3. The molecule has 0 N–H and O–H groups in total. The Balaban J connectivity index is 3.58. The minimum Gasteiger partial charge on any atom is -0.303 e. The molecule has 0 bridgehead atoms. The van der Waals surface area contributed by atoms with Gasteiger partial charge in [0.15, 0.2) is 0 Å². The fourth-order valence-electron chi connectivity index (χ4n) is 0.427. The maximum Gasteiger partial charge on any atom is 0.267 e. The molecule has 0 heterocycles. The first kappa shape index (κ1) is 9.58. The predicted octanol–water partition coefficient (Wildman–Crippen LogP) is -0.0583. The van der Waals surface area contributed by atoms with E-state index in [1.54, 1.807) is 0 Å². The molecule has 10 heavy (non-hydrogen) atoms. The topological polar surface area (TPSA) is 60.4 Å². The van der Waals surface area contributed by atoms with Crippen LogP contribution in [0.2, 0.25) is 0 Å². The molecule has 0 atom stereocenters. The van der Waals surface area contributed by atoms with Crippen LogP contribution < -0.4 is 0 Å². The third kappa shape index (κ3) is 4.46. The van der Waals surface area contributed by atoms with Crippen molar-refractivity contribution in [1.82, 2.24) is 0 Å². The van der Waals surface area contributed by atoms with Gasteiger partial charge in [0.05, 0.1) is 12.9 Å². The molecule has 0 aliphatic heterocycles. The van der Waals surface area contributed by atoms with Crippen LogP contribution in [0.25, 0.3) is 0 Å². The Hall–Kier alpha value is -0.420. The molecule has 0 aliphatic carbocycles. The van der Waals surface area contributed by atoms with Gasteiger partial charge in [-0.15, -0.1) is 0 Å². The fourth-order valence-corrected chi connectivity index (χ4v) is 1.11. The molecule has 0 spiro atoms. The van der Waals surface area contributed by atoms with E-state index in [4.69, 9.17) is 0 Å². The van der Waals surface area contributed by atoms with Gasteiger partial charge in [0, 0.05) is 6.42 Å². The number of hydrogen-bond donors (Lipinski definition) is 0. The number of aldehydes is 1. The van der Waals surface area contributed by atoms with E-state index in [0.717, 1.165) is 7.11 Å². The smallest absolute Gasteiger partial charge is 0.267 e. The predicted molar refractivity (Wildman–Crippen MR) is 36.1 cm³/mol. The zero-order chi connectivity index (χ0) is 8.04. The maximum atomic E-state index is 10.5. The SMILES string of the molecule is COS(=O)(=O)CCCC=O. The lowest BCUT2D eigenvalue weighted by molar-refractivity contribution is -0.107. The van der Waals surface area contributed by atoms with Crippen LogP contribution in [0.4, 0.5) is 0 Å². The van der Waals surface area contributed by atoms with Crippen molar-refractivity contribution in [2.75, 3.05) is 12.9 Å². The minimum atomic E-state index is -3.35. The minimum absolute atomic E-state index is 0.0811. The van der Waals surface area contributed by atoms with Gasteiger partial charge in [0.1, 0.15) is 6.29 Å². The maximum absolute atomic E-state index is 10.5. The second-order valence-corrected chi connectivity index (χ2v) is 3.59. The molecule has 4 nitrogen and oxygen atoms in total. The van der Waals surface area contributed by atoms with Crippen LogP contribution in [0.3, 0.4) is 0 Å². The van der Waals surface area contributed by atoms with Gasteiger partial charge in [-0.05, 0) is 6.42 Å². The van der Waals surface area contributed by atoms with Gasteiger partial charge < -0.3 is 4.79 Å². The average molecular weight is 166 g/mol. The summed E-state index contributed by atoms with van der Waals surface area (Å²) >= 11 is 0. The third-order valence-electron chi connectivity index (χ3n) is 0.970. The Morgan fingerprint density at radius 3 is 2.50 bits per heavy atom. The summed E-state index contributed by atoms with van der Waals surface area (Å²) in [6.07, 6.45) is 1.29. The van der Waals surface area contributed by atoms with Crippen molar-refractivity contribution < 1.29 is 17.4 Å². The lowest BCUT2D eigenvalue weighted by atomic mass is 10.4. The quantitative estimate of drug-likeness (QED) is 0.326. The first-order valence-corrected chi connectivity index (χ1v) is 4.42. The molecule has 0 aromatic carbocycles. The average Bonchev–Trinajstić information content (AvgIpc) is 1.89. The van der Waals surface area contributed by atoms with Crippen LogP contribution >= 0.6 is 0 Å².